The fourth-order valence-corrected chi connectivity index (χ4v) is 2.98. The van der Waals surface area contributed by atoms with E-state index in [1.165, 1.54) is 24.0 Å². The molecule has 2 aliphatic rings. The van der Waals surface area contributed by atoms with E-state index in [-0.39, 0.29) is 0 Å². The van der Waals surface area contributed by atoms with Crippen LogP contribution >= 0.6 is 0 Å². The number of rotatable bonds is 2. The van der Waals surface area contributed by atoms with Crippen LogP contribution in [0, 0.1) is 0 Å². The lowest BCUT2D eigenvalue weighted by Crippen LogP contribution is -2.29. The van der Waals surface area contributed by atoms with E-state index in [4.69, 9.17) is 4.84 Å². The third kappa shape index (κ3) is 1.80. The van der Waals surface area contributed by atoms with Gasteiger partial charge in [0.2, 0.25) is 0 Å². The number of aromatic nitrogens is 4. The third-order valence-electron chi connectivity index (χ3n) is 4.32. The fourth-order valence-electron chi connectivity index (χ4n) is 2.98. The van der Waals surface area contributed by atoms with Crippen LogP contribution in [0.1, 0.15) is 30.0 Å². The molecule has 0 radical (unpaired) electrons. The molecule has 110 valence electrons. The highest BCUT2D eigenvalue weighted by Crippen LogP contribution is 2.38. The Kier molecular flexibility index (Phi) is 2.48. The van der Waals surface area contributed by atoms with E-state index < -0.39 is 0 Å². The first kappa shape index (κ1) is 12.1. The van der Waals surface area contributed by atoms with Crippen LogP contribution in [0.25, 0.3) is 11.2 Å². The summed E-state index contributed by atoms with van der Waals surface area (Å²) >= 11 is 0. The van der Waals surface area contributed by atoms with Gasteiger partial charge in [0.25, 0.3) is 0 Å². The summed E-state index contributed by atoms with van der Waals surface area (Å²) in [5, 5.41) is 1.83. The van der Waals surface area contributed by atoms with Gasteiger partial charge >= 0.3 is 0 Å². The number of hydroxylamine groups is 1. The second kappa shape index (κ2) is 4.51. The number of nitrogens with zero attached hydrogens (tertiary/aromatic N) is 5. The molecule has 0 N–H and O–H groups in total. The number of anilines is 1. The molecule has 1 aliphatic heterocycles. The van der Waals surface area contributed by atoms with Crippen LogP contribution in [0.3, 0.4) is 0 Å². The Morgan fingerprint density at radius 2 is 1.91 bits per heavy atom. The van der Waals surface area contributed by atoms with Crippen LogP contribution in [-0.2, 0) is 18.0 Å². The highest BCUT2D eigenvalue weighted by atomic mass is 16.7. The molecular weight excluding hydrogens is 278 g/mol. The first-order valence-electron chi connectivity index (χ1n) is 7.55. The van der Waals surface area contributed by atoms with E-state index in [0.29, 0.717) is 19.2 Å². The second-order valence-corrected chi connectivity index (χ2v) is 5.83. The normalized spacial score (nSPS) is 17.7. The van der Waals surface area contributed by atoms with Gasteiger partial charge in [-0.1, -0.05) is 24.3 Å². The molecule has 0 atom stereocenters. The molecular formula is C16H15N5O. The van der Waals surface area contributed by atoms with E-state index in [9.17, 15) is 0 Å². The van der Waals surface area contributed by atoms with Gasteiger partial charge in [0.05, 0.1) is 12.9 Å². The molecule has 2 aromatic heterocycles. The van der Waals surface area contributed by atoms with Gasteiger partial charge in [-0.05, 0) is 24.0 Å². The summed E-state index contributed by atoms with van der Waals surface area (Å²) in [7, 11) is 0. The zero-order valence-corrected chi connectivity index (χ0v) is 12.0. The van der Waals surface area contributed by atoms with E-state index >= 15 is 0 Å². The molecule has 0 unspecified atom stereocenters. The van der Waals surface area contributed by atoms with Crippen molar-refractivity contribution in [2.45, 2.75) is 32.0 Å². The van der Waals surface area contributed by atoms with Gasteiger partial charge in [0, 0.05) is 6.04 Å². The Morgan fingerprint density at radius 3 is 2.77 bits per heavy atom. The number of hydrogen-bond donors (Lipinski definition) is 0. The lowest BCUT2D eigenvalue weighted by atomic mass is 10.1. The predicted octanol–water partition coefficient (Wildman–Crippen LogP) is 2.61. The van der Waals surface area contributed by atoms with Crippen molar-refractivity contribution in [3.05, 3.63) is 48.0 Å². The van der Waals surface area contributed by atoms with Gasteiger partial charge in [0.15, 0.2) is 17.0 Å². The Balaban J connectivity index is 1.57. The molecule has 6 nitrogen and oxygen atoms in total. The minimum atomic E-state index is 0.552. The number of hydrogen-bond acceptors (Lipinski definition) is 5. The standard InChI is InChI=1S/C16H15N5O/c1-2-4-12-8-22-21(7-11(12)3-1)16-14-15(17-9-18-16)20(10-19-14)13-5-6-13/h1-4,9-10,13H,5-8H2. The molecule has 3 heterocycles. The fraction of sp³-hybridized carbons (Fsp3) is 0.312. The summed E-state index contributed by atoms with van der Waals surface area (Å²) in [5.41, 5.74) is 4.21. The number of fused-ring (bicyclic) bond motifs is 2. The van der Waals surface area contributed by atoms with Crippen LogP contribution in [0.4, 0.5) is 5.82 Å². The van der Waals surface area contributed by atoms with Gasteiger partial charge in [0.1, 0.15) is 12.9 Å². The molecule has 6 heteroatoms. The zero-order valence-electron chi connectivity index (χ0n) is 12.0. The lowest BCUT2D eigenvalue weighted by molar-refractivity contribution is 0.0768. The average molecular weight is 293 g/mol. The minimum absolute atomic E-state index is 0.552. The van der Waals surface area contributed by atoms with Crippen molar-refractivity contribution >= 4 is 17.0 Å². The first-order valence-corrected chi connectivity index (χ1v) is 7.55. The average Bonchev–Trinajstić information content (AvgIpc) is 3.33. The second-order valence-electron chi connectivity index (χ2n) is 5.83. The zero-order chi connectivity index (χ0) is 14.5. The maximum Gasteiger partial charge on any atom is 0.184 e. The van der Waals surface area contributed by atoms with Crippen molar-refractivity contribution in [1.29, 1.82) is 0 Å². The van der Waals surface area contributed by atoms with Gasteiger partial charge < -0.3 is 4.57 Å². The molecule has 1 aliphatic carbocycles. The largest absolute Gasteiger partial charge is 0.312 e. The summed E-state index contributed by atoms with van der Waals surface area (Å²) in [6.07, 6.45) is 5.89. The maximum atomic E-state index is 5.88. The van der Waals surface area contributed by atoms with Crippen molar-refractivity contribution in [2.24, 2.45) is 0 Å². The number of benzene rings is 1. The summed E-state index contributed by atoms with van der Waals surface area (Å²) in [5.74, 6) is 0.749. The third-order valence-corrected chi connectivity index (χ3v) is 4.32. The monoisotopic (exact) mass is 293 g/mol. The van der Waals surface area contributed by atoms with Crippen molar-refractivity contribution in [3.63, 3.8) is 0 Å². The van der Waals surface area contributed by atoms with E-state index in [2.05, 4.69) is 37.7 Å². The van der Waals surface area contributed by atoms with E-state index in [0.717, 1.165) is 17.0 Å². The summed E-state index contributed by atoms with van der Waals surface area (Å²) in [6, 6.07) is 8.88. The SMILES string of the molecule is c1ccc2c(c1)CON(c1ncnc3c1ncn3C1CC1)C2. The van der Waals surface area contributed by atoms with Crippen LogP contribution in [0.2, 0.25) is 0 Å². The van der Waals surface area contributed by atoms with Crippen LogP contribution in [0.5, 0.6) is 0 Å². The molecule has 1 saturated carbocycles. The molecule has 1 aromatic carbocycles. The van der Waals surface area contributed by atoms with Crippen LogP contribution in [0.15, 0.2) is 36.9 Å². The Morgan fingerprint density at radius 1 is 1.05 bits per heavy atom. The maximum absolute atomic E-state index is 5.88. The molecule has 3 aromatic rings. The summed E-state index contributed by atoms with van der Waals surface area (Å²) in [6.45, 7) is 1.24. The Labute approximate surface area is 127 Å². The van der Waals surface area contributed by atoms with Crippen molar-refractivity contribution in [1.82, 2.24) is 19.5 Å². The molecule has 0 bridgehead atoms. The van der Waals surface area contributed by atoms with Crippen molar-refractivity contribution in [3.8, 4) is 0 Å². The van der Waals surface area contributed by atoms with Gasteiger partial charge in [-0.15, -0.1) is 0 Å². The van der Waals surface area contributed by atoms with E-state index in [1.807, 2.05) is 17.5 Å². The van der Waals surface area contributed by atoms with Crippen LogP contribution < -0.4 is 5.06 Å². The first-order chi connectivity index (χ1) is 10.9. The quantitative estimate of drug-likeness (QED) is 0.727. The molecule has 0 spiro atoms. The molecule has 1 fully saturated rings. The smallest absolute Gasteiger partial charge is 0.184 e. The predicted molar refractivity (Wildman–Crippen MR) is 81.0 cm³/mol. The lowest BCUT2D eigenvalue weighted by Gasteiger charge is -2.28. The molecule has 22 heavy (non-hydrogen) atoms. The van der Waals surface area contributed by atoms with Crippen LogP contribution in [-0.4, -0.2) is 19.5 Å². The van der Waals surface area contributed by atoms with Gasteiger partial charge in [-0.2, -0.15) is 0 Å². The Bertz CT molecular complexity index is 855. The highest BCUT2D eigenvalue weighted by Gasteiger charge is 2.28. The van der Waals surface area contributed by atoms with Crippen molar-refractivity contribution in [2.75, 3.05) is 5.06 Å². The minimum Gasteiger partial charge on any atom is -0.312 e. The summed E-state index contributed by atoms with van der Waals surface area (Å²) in [4.78, 5) is 19.2. The Hall–Kier alpha value is -2.47. The summed E-state index contributed by atoms with van der Waals surface area (Å²) < 4.78 is 2.15. The topological polar surface area (TPSA) is 56.1 Å². The van der Waals surface area contributed by atoms with Crippen molar-refractivity contribution < 1.29 is 4.84 Å². The number of imidazole rings is 1. The highest BCUT2D eigenvalue weighted by molar-refractivity contribution is 5.83. The van der Waals surface area contributed by atoms with E-state index in [1.54, 1.807) is 6.33 Å². The molecule has 0 amide bonds. The molecule has 5 rings (SSSR count). The molecule has 0 saturated heterocycles. The van der Waals surface area contributed by atoms with Gasteiger partial charge in [-0.25, -0.2) is 20.0 Å². The van der Waals surface area contributed by atoms with Gasteiger partial charge in [-0.3, -0.25) is 4.84 Å².